The quantitative estimate of drug-likeness (QED) is 0.453. The molecule has 1 rings (SSSR count). The summed E-state index contributed by atoms with van der Waals surface area (Å²) in [6, 6.07) is 11.6. The van der Waals surface area contributed by atoms with Crippen LogP contribution in [-0.2, 0) is 6.54 Å². The van der Waals surface area contributed by atoms with Crippen molar-refractivity contribution in [2.75, 3.05) is 32.7 Å². The summed E-state index contributed by atoms with van der Waals surface area (Å²) >= 11 is 0. The van der Waals surface area contributed by atoms with Gasteiger partial charge in [0, 0.05) is 19.6 Å². The van der Waals surface area contributed by atoms with Gasteiger partial charge in [0.1, 0.15) is 0 Å². The van der Waals surface area contributed by atoms with Crippen molar-refractivity contribution < 1.29 is 18.9 Å². The van der Waals surface area contributed by atoms with Crippen molar-refractivity contribution in [1.82, 2.24) is 9.80 Å². The molecule has 0 heterocycles. The minimum absolute atomic E-state index is 0. The van der Waals surface area contributed by atoms with Crippen molar-refractivity contribution in [3.8, 4) is 0 Å². The minimum Gasteiger partial charge on any atom is -0.303 e. The fourth-order valence-electron chi connectivity index (χ4n) is 1.94. The van der Waals surface area contributed by atoms with Crippen LogP contribution in [0.1, 0.15) is 26.3 Å². The Hall–Kier alpha value is -0.263. The number of hydrogen-bond acceptors (Lipinski definition) is 2. The van der Waals surface area contributed by atoms with E-state index in [1.165, 1.54) is 5.56 Å². The molecule has 0 atom stereocenters. The molecule has 96 valence electrons. The molecule has 0 aromatic heterocycles. The number of likely N-dealkylation sites (N-methyl/N-ethyl adjacent to an activating group) is 2. The second-order valence-electron chi connectivity index (χ2n) is 4.28. The molecular weight excluding hydrogens is 215 g/mol. The Kier molecular flexibility index (Phi) is 10.5. The van der Waals surface area contributed by atoms with Crippen LogP contribution in [-0.4, -0.2) is 42.5 Å². The molecule has 0 aliphatic carbocycles. The molecule has 0 bridgehead atoms. The van der Waals surface area contributed by atoms with Crippen LogP contribution in [0.5, 0.6) is 0 Å². The van der Waals surface area contributed by atoms with Crippen LogP contribution in [0.4, 0.5) is 0 Å². The first-order valence-corrected chi connectivity index (χ1v) is 6.70. The number of rotatable bonds is 8. The van der Waals surface area contributed by atoms with E-state index in [4.69, 9.17) is 0 Å². The van der Waals surface area contributed by atoms with Gasteiger partial charge in [-0.05, 0) is 19.6 Å². The Morgan fingerprint density at radius 3 is 2.06 bits per heavy atom. The van der Waals surface area contributed by atoms with Gasteiger partial charge in [0.05, 0.1) is 0 Å². The molecule has 0 saturated heterocycles. The Bertz CT molecular complexity index is 286. The zero-order valence-corrected chi connectivity index (χ0v) is 12.4. The third-order valence-corrected chi connectivity index (χ3v) is 3.24. The van der Waals surface area contributed by atoms with Gasteiger partial charge in [0.15, 0.2) is 0 Å². The van der Waals surface area contributed by atoms with Gasteiger partial charge < -0.3 is 9.80 Å². The number of hydrogen-bond donors (Lipinski definition) is 0. The fourth-order valence-corrected chi connectivity index (χ4v) is 1.94. The molecule has 0 N–H and O–H groups in total. The van der Waals surface area contributed by atoms with Crippen molar-refractivity contribution in [3.63, 3.8) is 0 Å². The van der Waals surface area contributed by atoms with Crippen LogP contribution in [0.15, 0.2) is 24.3 Å². The van der Waals surface area contributed by atoms with E-state index in [2.05, 4.69) is 48.8 Å². The van der Waals surface area contributed by atoms with E-state index in [9.17, 15) is 0 Å². The van der Waals surface area contributed by atoms with Gasteiger partial charge in [-0.25, -0.2) is 0 Å². The molecule has 0 amide bonds. The van der Waals surface area contributed by atoms with Gasteiger partial charge in [-0.3, -0.25) is 0 Å². The van der Waals surface area contributed by atoms with Crippen molar-refractivity contribution in [3.05, 3.63) is 35.9 Å². The zero-order valence-electron chi connectivity index (χ0n) is 12.4. The number of nitrogens with zero attached hydrogens (tertiary/aromatic N) is 2. The fraction of sp³-hybridized carbons (Fsp3) is 0.600. The van der Waals surface area contributed by atoms with E-state index in [0.717, 1.165) is 39.3 Å². The maximum Gasteiger partial charge on any atom is 1.00 e. The molecule has 2 nitrogen and oxygen atoms in total. The van der Waals surface area contributed by atoms with Crippen molar-refractivity contribution in [2.24, 2.45) is 0 Å². The second-order valence-corrected chi connectivity index (χ2v) is 4.28. The Morgan fingerprint density at radius 2 is 1.56 bits per heavy atom. The summed E-state index contributed by atoms with van der Waals surface area (Å²) in [7, 11) is 0. The average molecular weight is 240 g/mol. The van der Waals surface area contributed by atoms with Crippen molar-refractivity contribution in [2.45, 2.75) is 27.3 Å². The summed E-state index contributed by atoms with van der Waals surface area (Å²) in [5.74, 6) is 0. The Balaban J connectivity index is 0.00000289. The van der Waals surface area contributed by atoms with Gasteiger partial charge in [0.25, 0.3) is 0 Å². The van der Waals surface area contributed by atoms with E-state index in [1.807, 2.05) is 12.1 Å². The summed E-state index contributed by atoms with van der Waals surface area (Å²) in [5.41, 5.74) is 1.29. The van der Waals surface area contributed by atoms with Gasteiger partial charge in [0.2, 0.25) is 0 Å². The molecule has 0 spiro atoms. The summed E-state index contributed by atoms with van der Waals surface area (Å²) in [6.07, 6.45) is 0. The van der Waals surface area contributed by atoms with Crippen LogP contribution in [0.2, 0.25) is 0 Å². The molecule has 0 aliphatic rings. The third kappa shape index (κ3) is 6.61. The van der Waals surface area contributed by atoms with E-state index in [-0.39, 0.29) is 18.9 Å². The van der Waals surface area contributed by atoms with Crippen LogP contribution in [0, 0.1) is 6.07 Å². The Morgan fingerprint density at radius 1 is 0.944 bits per heavy atom. The zero-order chi connectivity index (χ0) is 12.5. The molecule has 0 saturated carbocycles. The molecule has 0 radical (unpaired) electrons. The first kappa shape index (κ1) is 17.7. The third-order valence-electron chi connectivity index (χ3n) is 3.24. The van der Waals surface area contributed by atoms with Crippen LogP contribution in [0.3, 0.4) is 0 Å². The predicted molar refractivity (Wildman–Crippen MR) is 74.0 cm³/mol. The average Bonchev–Trinajstić information content (AvgIpc) is 2.39. The predicted octanol–water partition coefficient (Wildman–Crippen LogP) is -0.346. The van der Waals surface area contributed by atoms with E-state index in [0.29, 0.717) is 0 Å². The molecule has 0 aliphatic heterocycles. The summed E-state index contributed by atoms with van der Waals surface area (Å²) in [5, 5.41) is 0. The molecule has 1 aromatic carbocycles. The van der Waals surface area contributed by atoms with Crippen LogP contribution in [0.25, 0.3) is 0 Å². The molecule has 1 aromatic rings. The van der Waals surface area contributed by atoms with E-state index >= 15 is 0 Å². The maximum absolute atomic E-state index is 3.29. The number of benzene rings is 1. The van der Waals surface area contributed by atoms with Crippen LogP contribution < -0.4 is 18.9 Å². The minimum atomic E-state index is 0. The molecular formula is C15H25LiN2. The van der Waals surface area contributed by atoms with E-state index in [1.54, 1.807) is 0 Å². The molecule has 0 unspecified atom stereocenters. The van der Waals surface area contributed by atoms with E-state index < -0.39 is 0 Å². The van der Waals surface area contributed by atoms with Crippen LogP contribution >= 0.6 is 0 Å². The second kappa shape index (κ2) is 10.6. The monoisotopic (exact) mass is 240 g/mol. The standard InChI is InChI=1S/C15H25N2.Li/c1-4-16(5-2)12-13-17(6-3)14-15-10-8-7-9-11-15;/h7-10H,4-6,12-14H2,1-3H3;/q-1;+1. The van der Waals surface area contributed by atoms with Gasteiger partial charge >= 0.3 is 18.9 Å². The Labute approximate surface area is 125 Å². The van der Waals surface area contributed by atoms with Gasteiger partial charge in [-0.2, -0.15) is 30.3 Å². The normalized spacial score (nSPS) is 10.7. The molecule has 18 heavy (non-hydrogen) atoms. The summed E-state index contributed by atoms with van der Waals surface area (Å²) < 4.78 is 0. The molecule has 0 fully saturated rings. The van der Waals surface area contributed by atoms with Gasteiger partial charge in [-0.15, -0.1) is 5.56 Å². The van der Waals surface area contributed by atoms with Gasteiger partial charge in [-0.1, -0.05) is 20.8 Å². The molecule has 3 heteroatoms. The van der Waals surface area contributed by atoms with Crippen molar-refractivity contribution in [1.29, 1.82) is 0 Å². The maximum atomic E-state index is 3.29. The smallest absolute Gasteiger partial charge is 0.303 e. The first-order chi connectivity index (χ1) is 8.30. The summed E-state index contributed by atoms with van der Waals surface area (Å²) in [6.45, 7) is 13.4. The first-order valence-electron chi connectivity index (χ1n) is 6.70. The largest absolute Gasteiger partial charge is 1.00 e. The SMILES string of the molecule is CCN(CC)CCN(CC)Cc1[c-]cccc1.[Li+]. The topological polar surface area (TPSA) is 6.48 Å². The van der Waals surface area contributed by atoms with Crippen molar-refractivity contribution >= 4 is 0 Å². The summed E-state index contributed by atoms with van der Waals surface area (Å²) in [4.78, 5) is 4.95.